The average molecular weight is 302 g/mol. The molecule has 0 saturated carbocycles. The highest BCUT2D eigenvalue weighted by molar-refractivity contribution is 6.30. The summed E-state index contributed by atoms with van der Waals surface area (Å²) in [6.45, 7) is 5.45. The summed E-state index contributed by atoms with van der Waals surface area (Å²) in [6, 6.07) is 17.3. The summed E-state index contributed by atoms with van der Waals surface area (Å²) in [4.78, 5) is 0. The second-order valence-electron chi connectivity index (χ2n) is 5.39. The van der Waals surface area contributed by atoms with Crippen molar-refractivity contribution in [1.29, 1.82) is 0 Å². The van der Waals surface area contributed by atoms with Crippen molar-refractivity contribution in [2.24, 2.45) is 0 Å². The predicted octanol–water partition coefficient (Wildman–Crippen LogP) is 5.19. The van der Waals surface area contributed by atoms with Gasteiger partial charge in [0.1, 0.15) is 0 Å². The highest BCUT2D eigenvalue weighted by atomic mass is 35.5. The van der Waals surface area contributed by atoms with E-state index >= 15 is 0 Å². The van der Waals surface area contributed by atoms with Gasteiger partial charge in [0.15, 0.2) is 0 Å². The molecule has 1 atom stereocenters. The molecule has 0 radical (unpaired) electrons. The molecule has 0 heterocycles. The Bertz CT molecular complexity index is 565. The van der Waals surface area contributed by atoms with Crippen molar-refractivity contribution < 1.29 is 0 Å². The molecule has 0 amide bonds. The van der Waals surface area contributed by atoms with E-state index in [-0.39, 0.29) is 0 Å². The number of halogens is 1. The summed E-state index contributed by atoms with van der Waals surface area (Å²) in [6.07, 6.45) is 3.17. The number of aryl methyl sites for hydroxylation is 1. The van der Waals surface area contributed by atoms with Crippen molar-refractivity contribution in [1.82, 2.24) is 5.32 Å². The van der Waals surface area contributed by atoms with Crippen molar-refractivity contribution in [3.05, 3.63) is 70.2 Å². The standard InChI is InChI=1S/C19H24ClN/c1-3-12-21-19(14-15-8-7-10-17(20)13-15)18-11-6-5-9-16(18)4-2/h5-11,13,19,21H,3-4,12,14H2,1-2H3. The van der Waals surface area contributed by atoms with Crippen LogP contribution in [0.4, 0.5) is 0 Å². The van der Waals surface area contributed by atoms with Gasteiger partial charge < -0.3 is 5.32 Å². The molecule has 2 rings (SSSR count). The number of benzene rings is 2. The van der Waals surface area contributed by atoms with Crippen LogP contribution in [-0.2, 0) is 12.8 Å². The van der Waals surface area contributed by atoms with Crippen molar-refractivity contribution in [2.45, 2.75) is 39.2 Å². The fourth-order valence-corrected chi connectivity index (χ4v) is 2.92. The summed E-state index contributed by atoms with van der Waals surface area (Å²) < 4.78 is 0. The van der Waals surface area contributed by atoms with Gasteiger partial charge in [0.05, 0.1) is 0 Å². The van der Waals surface area contributed by atoms with E-state index in [9.17, 15) is 0 Å². The molecule has 2 heteroatoms. The van der Waals surface area contributed by atoms with E-state index in [1.54, 1.807) is 0 Å². The van der Waals surface area contributed by atoms with Gasteiger partial charge in [-0.2, -0.15) is 0 Å². The summed E-state index contributed by atoms with van der Waals surface area (Å²) in [7, 11) is 0. The second-order valence-corrected chi connectivity index (χ2v) is 5.83. The molecule has 0 bridgehead atoms. The molecule has 2 aromatic carbocycles. The third-order valence-electron chi connectivity index (χ3n) is 3.78. The molecule has 21 heavy (non-hydrogen) atoms. The first-order valence-corrected chi connectivity index (χ1v) is 8.18. The third kappa shape index (κ3) is 4.59. The van der Waals surface area contributed by atoms with E-state index in [0.29, 0.717) is 6.04 Å². The fourth-order valence-electron chi connectivity index (χ4n) is 2.71. The highest BCUT2D eigenvalue weighted by Gasteiger charge is 2.14. The molecule has 0 aliphatic carbocycles. The van der Waals surface area contributed by atoms with Crippen molar-refractivity contribution in [3.63, 3.8) is 0 Å². The maximum Gasteiger partial charge on any atom is 0.0408 e. The average Bonchev–Trinajstić information content (AvgIpc) is 2.51. The lowest BCUT2D eigenvalue weighted by molar-refractivity contribution is 0.526. The smallest absolute Gasteiger partial charge is 0.0408 e. The Kier molecular flexibility index (Phi) is 6.28. The van der Waals surface area contributed by atoms with E-state index < -0.39 is 0 Å². The van der Waals surface area contributed by atoms with Crippen molar-refractivity contribution >= 4 is 11.6 Å². The van der Waals surface area contributed by atoms with Crippen LogP contribution in [-0.4, -0.2) is 6.54 Å². The van der Waals surface area contributed by atoms with Gasteiger partial charge in [0.2, 0.25) is 0 Å². The summed E-state index contributed by atoms with van der Waals surface area (Å²) in [5.74, 6) is 0. The van der Waals surface area contributed by atoms with E-state index in [0.717, 1.165) is 30.8 Å². The molecule has 1 N–H and O–H groups in total. The summed E-state index contributed by atoms with van der Waals surface area (Å²) in [5.41, 5.74) is 4.11. The lowest BCUT2D eigenvalue weighted by Crippen LogP contribution is -2.25. The van der Waals surface area contributed by atoms with E-state index in [1.165, 1.54) is 16.7 Å². The molecule has 1 unspecified atom stereocenters. The van der Waals surface area contributed by atoms with Crippen molar-refractivity contribution in [2.75, 3.05) is 6.54 Å². The van der Waals surface area contributed by atoms with Gasteiger partial charge >= 0.3 is 0 Å². The van der Waals surface area contributed by atoms with Crippen LogP contribution in [0.5, 0.6) is 0 Å². The van der Waals surface area contributed by atoms with Crippen LogP contribution in [0.2, 0.25) is 5.02 Å². The molecule has 0 saturated heterocycles. The number of rotatable bonds is 7. The maximum absolute atomic E-state index is 6.12. The van der Waals surface area contributed by atoms with Crippen LogP contribution in [0.1, 0.15) is 43.0 Å². The molecule has 2 aromatic rings. The summed E-state index contributed by atoms with van der Waals surface area (Å²) in [5, 5.41) is 4.50. The van der Waals surface area contributed by atoms with Gasteiger partial charge in [-0.05, 0) is 54.6 Å². The molecule has 0 spiro atoms. The van der Waals surface area contributed by atoms with Crippen molar-refractivity contribution in [3.8, 4) is 0 Å². The van der Waals surface area contributed by atoms with Crippen LogP contribution in [0, 0.1) is 0 Å². The van der Waals surface area contributed by atoms with Crippen LogP contribution < -0.4 is 5.32 Å². The molecule has 0 aliphatic heterocycles. The minimum Gasteiger partial charge on any atom is -0.310 e. The first-order chi connectivity index (χ1) is 10.2. The highest BCUT2D eigenvalue weighted by Crippen LogP contribution is 2.24. The monoisotopic (exact) mass is 301 g/mol. The Balaban J connectivity index is 2.25. The largest absolute Gasteiger partial charge is 0.310 e. The molecular weight excluding hydrogens is 278 g/mol. The first-order valence-electron chi connectivity index (χ1n) is 7.80. The van der Waals surface area contributed by atoms with Crippen LogP contribution in [0.15, 0.2) is 48.5 Å². The second kappa shape index (κ2) is 8.21. The van der Waals surface area contributed by atoms with E-state index in [4.69, 9.17) is 11.6 Å². The Hall–Kier alpha value is -1.31. The lowest BCUT2D eigenvalue weighted by Gasteiger charge is -2.22. The number of hydrogen-bond acceptors (Lipinski definition) is 1. The molecular formula is C19H24ClN. The Labute approximate surface area is 133 Å². The zero-order valence-electron chi connectivity index (χ0n) is 12.9. The van der Waals surface area contributed by atoms with Crippen LogP contribution in [0.3, 0.4) is 0 Å². The van der Waals surface area contributed by atoms with Gasteiger partial charge in [-0.15, -0.1) is 0 Å². The third-order valence-corrected chi connectivity index (χ3v) is 4.02. The molecule has 0 fully saturated rings. The summed E-state index contributed by atoms with van der Waals surface area (Å²) >= 11 is 6.12. The zero-order valence-corrected chi connectivity index (χ0v) is 13.7. The van der Waals surface area contributed by atoms with E-state index in [1.807, 2.05) is 12.1 Å². The molecule has 0 aliphatic rings. The maximum atomic E-state index is 6.12. The predicted molar refractivity (Wildman–Crippen MR) is 92.0 cm³/mol. The van der Waals surface area contributed by atoms with Gasteiger partial charge in [-0.25, -0.2) is 0 Å². The first kappa shape index (κ1) is 16.1. The molecule has 112 valence electrons. The SMILES string of the molecule is CCCNC(Cc1cccc(Cl)c1)c1ccccc1CC. The molecule has 0 aromatic heterocycles. The minimum absolute atomic E-state index is 0.347. The van der Waals surface area contributed by atoms with E-state index in [2.05, 4.69) is 55.6 Å². The van der Waals surface area contributed by atoms with Gasteiger partial charge in [-0.3, -0.25) is 0 Å². The van der Waals surface area contributed by atoms with Gasteiger partial charge in [0.25, 0.3) is 0 Å². The number of hydrogen-bond donors (Lipinski definition) is 1. The fraction of sp³-hybridized carbons (Fsp3) is 0.368. The lowest BCUT2D eigenvalue weighted by atomic mass is 9.93. The number of nitrogens with one attached hydrogen (secondary N) is 1. The Morgan fingerprint density at radius 2 is 1.86 bits per heavy atom. The van der Waals surface area contributed by atoms with Gasteiger partial charge in [-0.1, -0.05) is 61.8 Å². The normalized spacial score (nSPS) is 12.3. The van der Waals surface area contributed by atoms with Crippen LogP contribution in [0.25, 0.3) is 0 Å². The van der Waals surface area contributed by atoms with Gasteiger partial charge in [0, 0.05) is 11.1 Å². The minimum atomic E-state index is 0.347. The quantitative estimate of drug-likeness (QED) is 0.742. The Morgan fingerprint density at radius 1 is 1.05 bits per heavy atom. The van der Waals surface area contributed by atoms with Crippen LogP contribution >= 0.6 is 11.6 Å². The zero-order chi connectivity index (χ0) is 15.1. The molecule has 1 nitrogen and oxygen atoms in total. The topological polar surface area (TPSA) is 12.0 Å². The Morgan fingerprint density at radius 3 is 2.57 bits per heavy atom.